The molecule has 0 amide bonds. The second-order valence-electron chi connectivity index (χ2n) is 5.05. The third-order valence-electron chi connectivity index (χ3n) is 3.25. The normalized spacial score (nSPS) is 12.1. The van der Waals surface area contributed by atoms with E-state index in [1.807, 2.05) is 25.1 Å². The minimum absolute atomic E-state index is 0.349. The van der Waals surface area contributed by atoms with Crippen molar-refractivity contribution in [3.8, 4) is 0 Å². The molecule has 3 aromatic rings. The van der Waals surface area contributed by atoms with Gasteiger partial charge >= 0.3 is 0 Å². The maximum atomic E-state index is 12.1. The molecule has 0 bridgehead atoms. The molecular weight excluding hydrogens is 320 g/mol. The summed E-state index contributed by atoms with van der Waals surface area (Å²) in [5, 5.41) is 0. The molecule has 0 aliphatic heterocycles. The predicted octanol–water partition coefficient (Wildman–Crippen LogP) is 3.03. The average molecular weight is 336 g/mol. The Bertz CT molecular complexity index is 910. The number of hydrogen-bond acceptors (Lipinski definition) is 5. The molecule has 22 heavy (non-hydrogen) atoms. The molecule has 0 atom stereocenters. The number of aromatic nitrogens is 1. The van der Waals surface area contributed by atoms with Gasteiger partial charge in [0.05, 0.1) is 0 Å². The van der Waals surface area contributed by atoms with Crippen molar-refractivity contribution in [2.24, 2.45) is 0 Å². The van der Waals surface area contributed by atoms with Crippen LogP contribution in [-0.4, -0.2) is 19.9 Å². The fourth-order valence-corrected chi connectivity index (χ4v) is 4.56. The Kier molecular flexibility index (Phi) is 4.03. The third kappa shape index (κ3) is 3.21. The number of sulfonamides is 1. The third-order valence-corrected chi connectivity index (χ3v) is 6.20. The SMILES string of the molecule is Cc1nc2cc(CCNS(=O)(=O)c3ccc(C)s3)ccc2o1. The highest BCUT2D eigenvalue weighted by atomic mass is 32.2. The molecule has 3 rings (SSSR count). The molecule has 0 fully saturated rings. The van der Waals surface area contributed by atoms with Crippen molar-refractivity contribution in [2.45, 2.75) is 24.5 Å². The van der Waals surface area contributed by atoms with Crippen LogP contribution in [0.3, 0.4) is 0 Å². The van der Waals surface area contributed by atoms with Crippen LogP contribution in [0.2, 0.25) is 0 Å². The van der Waals surface area contributed by atoms with Crippen LogP contribution in [0.25, 0.3) is 11.1 Å². The summed E-state index contributed by atoms with van der Waals surface area (Å²) in [5.41, 5.74) is 2.56. The number of benzene rings is 1. The molecule has 2 heterocycles. The van der Waals surface area contributed by atoms with E-state index >= 15 is 0 Å². The zero-order chi connectivity index (χ0) is 15.7. The van der Waals surface area contributed by atoms with Crippen LogP contribution >= 0.6 is 11.3 Å². The van der Waals surface area contributed by atoms with Gasteiger partial charge in [-0.2, -0.15) is 0 Å². The highest BCUT2D eigenvalue weighted by Gasteiger charge is 2.15. The highest BCUT2D eigenvalue weighted by molar-refractivity contribution is 7.91. The molecule has 116 valence electrons. The molecule has 0 aliphatic carbocycles. The summed E-state index contributed by atoms with van der Waals surface area (Å²) in [4.78, 5) is 5.26. The molecular formula is C15H16N2O3S2. The fourth-order valence-electron chi connectivity index (χ4n) is 2.20. The predicted molar refractivity (Wildman–Crippen MR) is 86.7 cm³/mol. The largest absolute Gasteiger partial charge is 0.441 e. The van der Waals surface area contributed by atoms with E-state index in [2.05, 4.69) is 9.71 Å². The van der Waals surface area contributed by atoms with Gasteiger partial charge in [0.25, 0.3) is 0 Å². The lowest BCUT2D eigenvalue weighted by molar-refractivity contribution is 0.561. The lowest BCUT2D eigenvalue weighted by atomic mass is 10.1. The summed E-state index contributed by atoms with van der Waals surface area (Å²) < 4.78 is 32.7. The summed E-state index contributed by atoms with van der Waals surface area (Å²) >= 11 is 1.27. The van der Waals surface area contributed by atoms with E-state index in [0.29, 0.717) is 23.1 Å². The Morgan fingerprint density at radius 1 is 1.23 bits per heavy atom. The van der Waals surface area contributed by atoms with Crippen LogP contribution in [0, 0.1) is 13.8 Å². The maximum Gasteiger partial charge on any atom is 0.250 e. The molecule has 5 nitrogen and oxygen atoms in total. The Labute approximate surface area is 133 Å². The number of oxazole rings is 1. The molecule has 0 saturated carbocycles. The Hall–Kier alpha value is -1.70. The van der Waals surface area contributed by atoms with Gasteiger partial charge in [0, 0.05) is 18.3 Å². The highest BCUT2D eigenvalue weighted by Crippen LogP contribution is 2.20. The van der Waals surface area contributed by atoms with E-state index in [-0.39, 0.29) is 0 Å². The fraction of sp³-hybridized carbons (Fsp3) is 0.267. The molecule has 0 unspecified atom stereocenters. The standard InChI is InChI=1S/C15H16N2O3S2/c1-10-3-6-15(21-10)22(18,19)16-8-7-12-4-5-14-13(9-12)17-11(2)20-14/h3-6,9,16H,7-8H2,1-2H3. The van der Waals surface area contributed by atoms with Gasteiger partial charge < -0.3 is 4.42 Å². The van der Waals surface area contributed by atoms with E-state index in [0.717, 1.165) is 21.5 Å². The summed E-state index contributed by atoms with van der Waals surface area (Å²) in [6.45, 7) is 4.04. The smallest absolute Gasteiger partial charge is 0.250 e. The van der Waals surface area contributed by atoms with E-state index in [4.69, 9.17) is 4.42 Å². The van der Waals surface area contributed by atoms with Crippen molar-refractivity contribution in [3.05, 3.63) is 46.7 Å². The Morgan fingerprint density at radius 2 is 2.05 bits per heavy atom. The summed E-state index contributed by atoms with van der Waals surface area (Å²) in [7, 11) is -3.41. The summed E-state index contributed by atoms with van der Waals surface area (Å²) in [6.07, 6.45) is 0.603. The molecule has 0 radical (unpaired) electrons. The topological polar surface area (TPSA) is 72.2 Å². The summed E-state index contributed by atoms with van der Waals surface area (Å²) in [6, 6.07) is 9.15. The van der Waals surface area contributed by atoms with Gasteiger partial charge in [-0.15, -0.1) is 11.3 Å². The molecule has 2 aromatic heterocycles. The van der Waals surface area contributed by atoms with Gasteiger partial charge in [0.1, 0.15) is 9.73 Å². The van der Waals surface area contributed by atoms with Crippen LogP contribution in [-0.2, 0) is 16.4 Å². The Morgan fingerprint density at radius 3 is 2.77 bits per heavy atom. The first-order valence-corrected chi connectivity index (χ1v) is 9.16. The second kappa shape index (κ2) is 5.83. The Balaban J connectivity index is 1.66. The van der Waals surface area contributed by atoms with E-state index in [1.165, 1.54) is 11.3 Å². The van der Waals surface area contributed by atoms with Crippen LogP contribution in [0.1, 0.15) is 16.3 Å². The monoisotopic (exact) mass is 336 g/mol. The molecule has 0 spiro atoms. The van der Waals surface area contributed by atoms with Crippen LogP contribution in [0.15, 0.2) is 39.0 Å². The number of thiophene rings is 1. The lowest BCUT2D eigenvalue weighted by Gasteiger charge is -2.05. The van der Waals surface area contributed by atoms with Crippen molar-refractivity contribution in [1.82, 2.24) is 9.71 Å². The molecule has 1 aromatic carbocycles. The second-order valence-corrected chi connectivity index (χ2v) is 8.33. The van der Waals surface area contributed by atoms with E-state index in [1.54, 1.807) is 19.1 Å². The summed E-state index contributed by atoms with van der Waals surface area (Å²) in [5.74, 6) is 0.626. The zero-order valence-electron chi connectivity index (χ0n) is 12.3. The van der Waals surface area contributed by atoms with Crippen LogP contribution in [0.5, 0.6) is 0 Å². The minimum Gasteiger partial charge on any atom is -0.441 e. The maximum absolute atomic E-state index is 12.1. The first kappa shape index (κ1) is 15.2. The van der Waals surface area contributed by atoms with Gasteiger partial charge in [-0.1, -0.05) is 6.07 Å². The molecule has 0 aliphatic rings. The average Bonchev–Trinajstić information content (AvgIpc) is 3.03. The molecule has 1 N–H and O–H groups in total. The molecule has 7 heteroatoms. The first-order chi connectivity index (χ1) is 10.4. The number of aryl methyl sites for hydroxylation is 2. The van der Waals surface area contributed by atoms with Crippen molar-refractivity contribution >= 4 is 32.5 Å². The number of rotatable bonds is 5. The number of nitrogens with zero attached hydrogens (tertiary/aromatic N) is 1. The zero-order valence-corrected chi connectivity index (χ0v) is 13.9. The van der Waals surface area contributed by atoms with Gasteiger partial charge in [-0.3, -0.25) is 0 Å². The van der Waals surface area contributed by atoms with E-state index in [9.17, 15) is 8.42 Å². The minimum atomic E-state index is -3.41. The van der Waals surface area contributed by atoms with Gasteiger partial charge in [-0.25, -0.2) is 18.1 Å². The first-order valence-electron chi connectivity index (χ1n) is 6.86. The number of nitrogens with one attached hydrogen (secondary N) is 1. The van der Waals surface area contributed by atoms with Gasteiger partial charge in [-0.05, 0) is 43.2 Å². The van der Waals surface area contributed by atoms with Crippen molar-refractivity contribution in [1.29, 1.82) is 0 Å². The van der Waals surface area contributed by atoms with Crippen molar-refractivity contribution in [2.75, 3.05) is 6.54 Å². The van der Waals surface area contributed by atoms with Crippen LogP contribution in [0.4, 0.5) is 0 Å². The number of fused-ring (bicyclic) bond motifs is 1. The quantitative estimate of drug-likeness (QED) is 0.777. The van der Waals surface area contributed by atoms with Gasteiger partial charge in [0.15, 0.2) is 11.5 Å². The van der Waals surface area contributed by atoms with Crippen molar-refractivity contribution in [3.63, 3.8) is 0 Å². The lowest BCUT2D eigenvalue weighted by Crippen LogP contribution is -2.25. The van der Waals surface area contributed by atoms with Crippen LogP contribution < -0.4 is 4.72 Å². The number of hydrogen-bond donors (Lipinski definition) is 1. The van der Waals surface area contributed by atoms with Crippen molar-refractivity contribution < 1.29 is 12.8 Å². The molecule has 0 saturated heterocycles. The van der Waals surface area contributed by atoms with Gasteiger partial charge in [0.2, 0.25) is 10.0 Å². The van der Waals surface area contributed by atoms with E-state index < -0.39 is 10.0 Å².